The number of hydrogen-bond acceptors (Lipinski definition) is 6. The van der Waals surface area contributed by atoms with Crippen molar-refractivity contribution in [3.05, 3.63) is 63.0 Å². The lowest BCUT2D eigenvalue weighted by molar-refractivity contribution is -0.0332. The summed E-state index contributed by atoms with van der Waals surface area (Å²) in [4.78, 5) is 20.1. The summed E-state index contributed by atoms with van der Waals surface area (Å²) in [5, 5.41) is 5.48. The highest BCUT2D eigenvalue weighted by Crippen LogP contribution is 2.41. The van der Waals surface area contributed by atoms with Crippen LogP contribution in [0.3, 0.4) is 0 Å². The zero-order chi connectivity index (χ0) is 17.5. The number of fused-ring (bicyclic) bond motifs is 1. The summed E-state index contributed by atoms with van der Waals surface area (Å²) in [6, 6.07) is 11.9. The lowest BCUT2D eigenvalue weighted by atomic mass is 10.1. The lowest BCUT2D eigenvalue weighted by Crippen LogP contribution is -2.38. The average molecular weight is 368 g/mol. The molecule has 1 atom stereocenters. The molecule has 0 spiro atoms. The van der Waals surface area contributed by atoms with Crippen molar-refractivity contribution >= 4 is 16.3 Å². The molecule has 2 aromatic heterocycles. The van der Waals surface area contributed by atoms with Crippen LogP contribution in [0.2, 0.25) is 0 Å². The fourth-order valence-corrected chi connectivity index (χ4v) is 4.48. The molecule has 2 aliphatic rings. The second kappa shape index (κ2) is 6.57. The van der Waals surface area contributed by atoms with Gasteiger partial charge < -0.3 is 4.74 Å². The summed E-state index contributed by atoms with van der Waals surface area (Å²) >= 11 is 1.55. The number of morpholine rings is 1. The van der Waals surface area contributed by atoms with Crippen LogP contribution in [0.25, 0.3) is 4.96 Å². The number of ether oxygens (including phenoxy) is 1. The van der Waals surface area contributed by atoms with E-state index in [4.69, 9.17) is 9.72 Å². The fourth-order valence-electron chi connectivity index (χ4n) is 3.39. The molecule has 6 nitrogen and oxygen atoms in total. The summed E-state index contributed by atoms with van der Waals surface area (Å²) in [6.45, 7) is 3.00. The molecule has 134 valence electrons. The summed E-state index contributed by atoms with van der Waals surface area (Å²) in [6.07, 6.45) is 2.42. The van der Waals surface area contributed by atoms with Crippen LogP contribution >= 0.6 is 11.3 Å². The predicted molar refractivity (Wildman–Crippen MR) is 99.5 cm³/mol. The van der Waals surface area contributed by atoms with E-state index in [0.29, 0.717) is 24.0 Å². The Kier molecular flexibility index (Phi) is 4.07. The molecule has 0 N–H and O–H groups in total. The smallest absolute Gasteiger partial charge is 0.275 e. The van der Waals surface area contributed by atoms with E-state index in [1.165, 1.54) is 22.9 Å². The van der Waals surface area contributed by atoms with Gasteiger partial charge in [0, 0.05) is 31.6 Å². The standard InChI is InChI=1S/C19H20N4O2S/c24-17-10-15(20-19-23(17)21-18(26-19)14-6-7-14)11-22-8-9-25-16(12-22)13-4-2-1-3-5-13/h1-5,10,14,16H,6-9,11-12H2/t16-/m0/s1. The third-order valence-corrected chi connectivity index (χ3v) is 6.02. The van der Waals surface area contributed by atoms with Crippen molar-refractivity contribution in [1.29, 1.82) is 0 Å². The molecule has 3 aromatic rings. The Hall–Kier alpha value is -2.09. The normalized spacial score (nSPS) is 21.3. The second-order valence-electron chi connectivity index (χ2n) is 7.00. The summed E-state index contributed by atoms with van der Waals surface area (Å²) in [7, 11) is 0. The SMILES string of the molecule is O=c1cc(CN2CCO[C@H](c3ccccc3)C2)nc2sc(C3CC3)nn12. The van der Waals surface area contributed by atoms with E-state index in [1.54, 1.807) is 17.4 Å². The van der Waals surface area contributed by atoms with Gasteiger partial charge in [0.1, 0.15) is 5.01 Å². The first-order chi connectivity index (χ1) is 12.8. The molecule has 1 aliphatic heterocycles. The van der Waals surface area contributed by atoms with Crippen LogP contribution in [-0.2, 0) is 11.3 Å². The molecule has 0 bridgehead atoms. The maximum atomic E-state index is 12.4. The molecule has 1 aliphatic carbocycles. The first-order valence-corrected chi connectivity index (χ1v) is 9.86. The zero-order valence-corrected chi connectivity index (χ0v) is 15.2. The van der Waals surface area contributed by atoms with E-state index in [2.05, 4.69) is 22.1 Å². The third-order valence-electron chi connectivity index (χ3n) is 4.95. The number of hydrogen-bond donors (Lipinski definition) is 0. The highest BCUT2D eigenvalue weighted by molar-refractivity contribution is 7.16. The van der Waals surface area contributed by atoms with Gasteiger partial charge in [-0.3, -0.25) is 9.69 Å². The summed E-state index contributed by atoms with van der Waals surface area (Å²) < 4.78 is 7.38. The Bertz CT molecular complexity index is 980. The molecule has 3 heterocycles. The van der Waals surface area contributed by atoms with E-state index in [1.807, 2.05) is 18.2 Å². The minimum Gasteiger partial charge on any atom is -0.371 e. The molecular weight excluding hydrogens is 348 g/mol. The van der Waals surface area contributed by atoms with E-state index in [-0.39, 0.29) is 11.7 Å². The number of rotatable bonds is 4. The van der Waals surface area contributed by atoms with E-state index < -0.39 is 0 Å². The lowest BCUT2D eigenvalue weighted by Gasteiger charge is -2.32. The maximum Gasteiger partial charge on any atom is 0.275 e. The van der Waals surface area contributed by atoms with Crippen molar-refractivity contribution < 1.29 is 4.74 Å². The molecule has 1 saturated heterocycles. The van der Waals surface area contributed by atoms with Gasteiger partial charge in [0.05, 0.1) is 18.4 Å². The van der Waals surface area contributed by atoms with Crippen molar-refractivity contribution in [2.75, 3.05) is 19.7 Å². The van der Waals surface area contributed by atoms with Gasteiger partial charge in [-0.1, -0.05) is 41.7 Å². The molecule has 0 amide bonds. The minimum absolute atomic E-state index is 0.0691. The first-order valence-electron chi connectivity index (χ1n) is 9.05. The van der Waals surface area contributed by atoms with Crippen LogP contribution in [-0.4, -0.2) is 39.2 Å². The maximum absolute atomic E-state index is 12.4. The van der Waals surface area contributed by atoms with Crippen LogP contribution in [0.5, 0.6) is 0 Å². The average Bonchev–Trinajstić information content (AvgIpc) is 3.42. The van der Waals surface area contributed by atoms with Gasteiger partial charge >= 0.3 is 0 Å². The molecule has 0 unspecified atom stereocenters. The summed E-state index contributed by atoms with van der Waals surface area (Å²) in [5.41, 5.74) is 1.92. The summed E-state index contributed by atoms with van der Waals surface area (Å²) in [5.74, 6) is 0.537. The molecule has 26 heavy (non-hydrogen) atoms. The van der Waals surface area contributed by atoms with Crippen molar-refractivity contribution in [2.45, 2.75) is 31.4 Å². The van der Waals surface area contributed by atoms with Gasteiger partial charge in [-0.2, -0.15) is 9.61 Å². The van der Waals surface area contributed by atoms with Crippen LogP contribution in [0.4, 0.5) is 0 Å². The van der Waals surface area contributed by atoms with Gasteiger partial charge in [-0.05, 0) is 18.4 Å². The number of aromatic nitrogens is 3. The van der Waals surface area contributed by atoms with E-state index >= 15 is 0 Å². The number of nitrogens with zero attached hydrogens (tertiary/aromatic N) is 4. The molecule has 5 rings (SSSR count). The Balaban J connectivity index is 1.36. The largest absolute Gasteiger partial charge is 0.371 e. The van der Waals surface area contributed by atoms with E-state index in [0.717, 1.165) is 23.8 Å². The van der Waals surface area contributed by atoms with Crippen molar-refractivity contribution in [3.63, 3.8) is 0 Å². The van der Waals surface area contributed by atoms with Crippen LogP contribution < -0.4 is 5.56 Å². The minimum atomic E-state index is -0.0824. The van der Waals surface area contributed by atoms with Crippen molar-refractivity contribution in [1.82, 2.24) is 19.5 Å². The topological polar surface area (TPSA) is 59.7 Å². The van der Waals surface area contributed by atoms with Crippen molar-refractivity contribution in [3.8, 4) is 0 Å². The van der Waals surface area contributed by atoms with Gasteiger partial charge in [0.15, 0.2) is 0 Å². The monoisotopic (exact) mass is 368 g/mol. The quantitative estimate of drug-likeness (QED) is 0.708. The fraction of sp³-hybridized carbons (Fsp3) is 0.421. The second-order valence-corrected chi connectivity index (χ2v) is 7.99. The van der Waals surface area contributed by atoms with Crippen LogP contribution in [0.15, 0.2) is 41.2 Å². The van der Waals surface area contributed by atoms with Gasteiger partial charge in [0.25, 0.3) is 5.56 Å². The number of benzene rings is 1. The zero-order valence-electron chi connectivity index (χ0n) is 14.4. The Morgan fingerprint density at radius 1 is 1.23 bits per heavy atom. The first kappa shape index (κ1) is 16.1. The van der Waals surface area contributed by atoms with Crippen LogP contribution in [0.1, 0.15) is 41.1 Å². The molecule has 2 fully saturated rings. The Morgan fingerprint density at radius 2 is 2.08 bits per heavy atom. The van der Waals surface area contributed by atoms with Crippen LogP contribution in [0, 0.1) is 0 Å². The molecule has 7 heteroatoms. The highest BCUT2D eigenvalue weighted by atomic mass is 32.1. The third kappa shape index (κ3) is 3.18. The molecular formula is C19H20N4O2S. The van der Waals surface area contributed by atoms with Gasteiger partial charge in [-0.15, -0.1) is 0 Å². The molecule has 1 saturated carbocycles. The predicted octanol–water partition coefficient (Wildman–Crippen LogP) is 2.60. The molecule has 0 radical (unpaired) electrons. The van der Waals surface area contributed by atoms with E-state index in [9.17, 15) is 4.79 Å². The Labute approximate surface area is 155 Å². The van der Waals surface area contributed by atoms with Gasteiger partial charge in [-0.25, -0.2) is 4.98 Å². The molecule has 1 aromatic carbocycles. The highest BCUT2D eigenvalue weighted by Gasteiger charge is 2.28. The van der Waals surface area contributed by atoms with Crippen molar-refractivity contribution in [2.24, 2.45) is 0 Å². The Morgan fingerprint density at radius 3 is 2.88 bits per heavy atom. The van der Waals surface area contributed by atoms with Gasteiger partial charge in [0.2, 0.25) is 4.96 Å².